The van der Waals surface area contributed by atoms with Crippen LogP contribution >= 0.6 is 11.6 Å². The van der Waals surface area contributed by atoms with Crippen LogP contribution in [-0.2, 0) is 20.9 Å². The number of halogens is 1. The van der Waals surface area contributed by atoms with Crippen LogP contribution < -0.4 is 0 Å². The molecule has 0 unspecified atom stereocenters. The number of hydrogen-bond acceptors (Lipinski definition) is 4. The first-order chi connectivity index (χ1) is 13.5. The number of allylic oxidation sites excluding steroid dienone is 1. The average Bonchev–Trinajstić information content (AvgIpc) is 2.71. The van der Waals surface area contributed by atoms with E-state index in [4.69, 9.17) is 16.3 Å². The minimum atomic E-state index is -0.492. The molecule has 0 radical (unpaired) electrons. The van der Waals surface area contributed by atoms with Crippen LogP contribution in [0.1, 0.15) is 36.0 Å². The van der Waals surface area contributed by atoms with E-state index in [1.807, 2.05) is 18.2 Å². The van der Waals surface area contributed by atoms with Crippen LogP contribution in [0.5, 0.6) is 0 Å². The van der Waals surface area contributed by atoms with Gasteiger partial charge in [-0.1, -0.05) is 48.0 Å². The number of hydrogen-bond donors (Lipinski definition) is 0. The predicted molar refractivity (Wildman–Crippen MR) is 105 cm³/mol. The van der Waals surface area contributed by atoms with Crippen molar-refractivity contribution in [3.63, 3.8) is 0 Å². The third kappa shape index (κ3) is 3.64. The molecule has 1 aliphatic heterocycles. The standard InChI is InChI=1S/C22H19ClN2O3/c1-14-21(22(27)28-2)18(17-9-5-6-10-19(17)23)11-20(26)25(14)13-16-8-4-3-7-15(16)12-24/h3-10,18H,11,13H2,1-2H3/t18-/m1/s1. The van der Waals surface area contributed by atoms with Gasteiger partial charge in [-0.2, -0.15) is 5.26 Å². The lowest BCUT2D eigenvalue weighted by atomic mass is 9.83. The summed E-state index contributed by atoms with van der Waals surface area (Å²) in [6.07, 6.45) is 0.0974. The van der Waals surface area contributed by atoms with Gasteiger partial charge in [-0.3, -0.25) is 4.79 Å². The van der Waals surface area contributed by atoms with Crippen LogP contribution in [0.4, 0.5) is 0 Å². The molecular weight excluding hydrogens is 376 g/mol. The van der Waals surface area contributed by atoms with Gasteiger partial charge in [-0.05, 0) is 30.2 Å². The summed E-state index contributed by atoms with van der Waals surface area (Å²) in [4.78, 5) is 27.1. The van der Waals surface area contributed by atoms with Crippen molar-refractivity contribution in [2.24, 2.45) is 0 Å². The molecule has 28 heavy (non-hydrogen) atoms. The highest BCUT2D eigenvalue weighted by Crippen LogP contribution is 2.40. The number of nitriles is 1. The van der Waals surface area contributed by atoms with E-state index in [2.05, 4.69) is 6.07 Å². The summed E-state index contributed by atoms with van der Waals surface area (Å²) < 4.78 is 5.00. The topological polar surface area (TPSA) is 70.4 Å². The predicted octanol–water partition coefficient (Wildman–Crippen LogP) is 4.17. The van der Waals surface area contributed by atoms with Gasteiger partial charge in [-0.25, -0.2) is 4.79 Å². The van der Waals surface area contributed by atoms with E-state index in [0.717, 1.165) is 5.56 Å². The largest absolute Gasteiger partial charge is 0.466 e. The van der Waals surface area contributed by atoms with Crippen LogP contribution in [-0.4, -0.2) is 23.9 Å². The van der Waals surface area contributed by atoms with Crippen molar-refractivity contribution >= 4 is 23.5 Å². The molecule has 0 fully saturated rings. The van der Waals surface area contributed by atoms with Gasteiger partial charge in [-0.15, -0.1) is 0 Å². The lowest BCUT2D eigenvalue weighted by Crippen LogP contribution is -2.38. The van der Waals surface area contributed by atoms with Crippen molar-refractivity contribution in [2.45, 2.75) is 25.8 Å². The number of methoxy groups -OCH3 is 1. The number of rotatable bonds is 4. The molecule has 0 aliphatic carbocycles. The van der Waals surface area contributed by atoms with Gasteiger partial charge in [0.25, 0.3) is 0 Å². The Morgan fingerprint density at radius 3 is 2.61 bits per heavy atom. The van der Waals surface area contributed by atoms with Crippen LogP contribution in [0.2, 0.25) is 5.02 Å². The van der Waals surface area contributed by atoms with Crippen molar-refractivity contribution in [2.75, 3.05) is 7.11 Å². The molecule has 2 aromatic carbocycles. The van der Waals surface area contributed by atoms with E-state index in [0.29, 0.717) is 27.4 Å². The number of ether oxygens (including phenoxy) is 1. The lowest BCUT2D eigenvalue weighted by Gasteiger charge is -2.34. The molecule has 0 aromatic heterocycles. The molecule has 0 N–H and O–H groups in total. The molecule has 1 amide bonds. The van der Waals surface area contributed by atoms with Gasteiger partial charge in [0.15, 0.2) is 0 Å². The molecule has 6 heteroatoms. The second kappa shape index (κ2) is 8.28. The third-order valence-electron chi connectivity index (χ3n) is 4.98. The first kappa shape index (κ1) is 19.7. The monoisotopic (exact) mass is 394 g/mol. The number of esters is 1. The van der Waals surface area contributed by atoms with E-state index in [-0.39, 0.29) is 18.9 Å². The fourth-order valence-electron chi connectivity index (χ4n) is 3.54. The Balaban J connectivity index is 2.08. The molecule has 3 rings (SSSR count). The Morgan fingerprint density at radius 2 is 1.93 bits per heavy atom. The van der Waals surface area contributed by atoms with E-state index >= 15 is 0 Å². The van der Waals surface area contributed by atoms with Gasteiger partial charge >= 0.3 is 5.97 Å². The van der Waals surface area contributed by atoms with Crippen molar-refractivity contribution < 1.29 is 14.3 Å². The lowest BCUT2D eigenvalue weighted by molar-refractivity contribution is -0.138. The SMILES string of the molecule is COC(=O)C1=C(C)N(Cc2ccccc2C#N)C(=O)C[C@@H]1c1ccccc1Cl. The Labute approximate surface area is 168 Å². The number of amides is 1. The molecule has 0 bridgehead atoms. The summed E-state index contributed by atoms with van der Waals surface area (Å²) in [5.41, 5.74) is 2.86. The smallest absolute Gasteiger partial charge is 0.336 e. The Bertz CT molecular complexity index is 1010. The molecule has 0 spiro atoms. The zero-order chi connectivity index (χ0) is 20.3. The van der Waals surface area contributed by atoms with E-state index in [1.54, 1.807) is 37.3 Å². The first-order valence-electron chi connectivity index (χ1n) is 8.79. The maximum Gasteiger partial charge on any atom is 0.336 e. The van der Waals surface area contributed by atoms with Crippen LogP contribution in [0.25, 0.3) is 0 Å². The summed E-state index contributed by atoms with van der Waals surface area (Å²) in [6, 6.07) is 16.4. The third-order valence-corrected chi connectivity index (χ3v) is 5.32. The molecule has 1 atom stereocenters. The molecule has 1 heterocycles. The molecule has 0 saturated carbocycles. The summed E-state index contributed by atoms with van der Waals surface area (Å²) >= 11 is 6.34. The van der Waals surface area contributed by atoms with Gasteiger partial charge in [0.1, 0.15) is 0 Å². The first-order valence-corrected chi connectivity index (χ1v) is 9.17. The number of carbonyl (C=O) groups is 2. The molecule has 2 aromatic rings. The second-order valence-corrected chi connectivity index (χ2v) is 6.92. The van der Waals surface area contributed by atoms with Crippen LogP contribution in [0.15, 0.2) is 59.8 Å². The highest BCUT2D eigenvalue weighted by atomic mass is 35.5. The summed E-state index contributed by atoms with van der Waals surface area (Å²) in [5.74, 6) is -1.10. The summed E-state index contributed by atoms with van der Waals surface area (Å²) in [5, 5.41) is 9.82. The molecule has 5 nitrogen and oxygen atoms in total. The second-order valence-electron chi connectivity index (χ2n) is 6.52. The quantitative estimate of drug-likeness (QED) is 0.729. The Kier molecular flexibility index (Phi) is 5.81. The maximum atomic E-state index is 13.0. The summed E-state index contributed by atoms with van der Waals surface area (Å²) in [7, 11) is 1.32. The van der Waals surface area contributed by atoms with Crippen molar-refractivity contribution in [1.29, 1.82) is 5.26 Å². The highest BCUT2D eigenvalue weighted by molar-refractivity contribution is 6.31. The van der Waals surface area contributed by atoms with Crippen molar-refractivity contribution in [3.05, 3.63) is 81.5 Å². The summed E-state index contributed by atoms with van der Waals surface area (Å²) in [6.45, 7) is 1.94. The molecule has 142 valence electrons. The van der Waals surface area contributed by atoms with Crippen LogP contribution in [0.3, 0.4) is 0 Å². The molecule has 0 saturated heterocycles. The number of nitrogens with zero attached hydrogens (tertiary/aromatic N) is 2. The van der Waals surface area contributed by atoms with Crippen molar-refractivity contribution in [3.8, 4) is 6.07 Å². The highest BCUT2D eigenvalue weighted by Gasteiger charge is 2.37. The Hall–Kier alpha value is -3.10. The fourth-order valence-corrected chi connectivity index (χ4v) is 3.81. The fraction of sp³-hybridized carbons (Fsp3) is 0.227. The van der Waals surface area contributed by atoms with E-state index in [9.17, 15) is 14.9 Å². The minimum Gasteiger partial charge on any atom is -0.466 e. The minimum absolute atomic E-state index is 0.0974. The number of benzene rings is 2. The van der Waals surface area contributed by atoms with Gasteiger partial charge in [0.2, 0.25) is 5.91 Å². The van der Waals surface area contributed by atoms with Gasteiger partial charge in [0.05, 0.1) is 30.9 Å². The van der Waals surface area contributed by atoms with Crippen molar-refractivity contribution in [1.82, 2.24) is 4.90 Å². The molecular formula is C22H19ClN2O3. The molecule has 1 aliphatic rings. The average molecular weight is 395 g/mol. The Morgan fingerprint density at radius 1 is 1.25 bits per heavy atom. The van der Waals surface area contributed by atoms with E-state index in [1.165, 1.54) is 12.0 Å². The van der Waals surface area contributed by atoms with Gasteiger partial charge in [0, 0.05) is 23.1 Å². The van der Waals surface area contributed by atoms with E-state index < -0.39 is 11.9 Å². The van der Waals surface area contributed by atoms with Crippen LogP contribution in [0, 0.1) is 11.3 Å². The van der Waals surface area contributed by atoms with Gasteiger partial charge < -0.3 is 9.64 Å². The maximum absolute atomic E-state index is 13.0. The normalized spacial score (nSPS) is 16.7. The zero-order valence-electron chi connectivity index (χ0n) is 15.6. The number of carbonyl (C=O) groups excluding carboxylic acids is 2. The zero-order valence-corrected chi connectivity index (χ0v) is 16.4.